The second kappa shape index (κ2) is 10.1. The summed E-state index contributed by atoms with van der Waals surface area (Å²) >= 11 is 0. The fraction of sp³-hybridized carbons (Fsp3) is 0.750. The summed E-state index contributed by atoms with van der Waals surface area (Å²) in [5.74, 6) is -2.28. The highest BCUT2D eigenvalue weighted by molar-refractivity contribution is 5.73. The van der Waals surface area contributed by atoms with Crippen LogP contribution >= 0.6 is 0 Å². The third-order valence-corrected chi connectivity index (χ3v) is 3.40. The fourth-order valence-corrected chi connectivity index (χ4v) is 2.60. The first-order valence-electron chi connectivity index (χ1n) is 8.17. The van der Waals surface area contributed by atoms with Gasteiger partial charge in [0.25, 0.3) is 0 Å². The Kier molecular flexibility index (Phi) is 8.46. The van der Waals surface area contributed by atoms with Crippen LogP contribution in [0.4, 0.5) is 0 Å². The maximum Gasteiger partial charge on any atom is 0.303 e. The van der Waals surface area contributed by atoms with Gasteiger partial charge >= 0.3 is 17.9 Å². The molecule has 0 aromatic carbocycles. The Morgan fingerprint density at radius 3 is 1.96 bits per heavy atom. The Bertz CT molecular complexity index is 536. The molecule has 26 heavy (non-hydrogen) atoms. The molecule has 0 spiro atoms. The first-order valence-corrected chi connectivity index (χ1v) is 8.17. The zero-order valence-electron chi connectivity index (χ0n) is 15.5. The van der Waals surface area contributed by atoms with Gasteiger partial charge in [-0.15, -0.1) is 0 Å². The summed E-state index contributed by atoms with van der Waals surface area (Å²) < 4.78 is 26.7. The summed E-state index contributed by atoms with van der Waals surface area (Å²) in [6.07, 6.45) is -4.15. The van der Waals surface area contributed by atoms with Crippen molar-refractivity contribution in [3.63, 3.8) is 0 Å². The standard InChI is InChI=1S/C16H25NO9/c1-6-22-16-13(17-8(2)18)15(25-11(5)21)14(24-10(4)20)12(26-16)7-23-9(3)19/h12-16H,6-7H2,1-5H3,(H,17,18)/t12?,13?,14-,15?,16?/m0/s1. The minimum Gasteiger partial charge on any atom is -0.463 e. The number of carbonyl (C=O) groups excluding carboxylic acids is 4. The van der Waals surface area contributed by atoms with Gasteiger partial charge in [0.15, 0.2) is 18.5 Å². The Morgan fingerprint density at radius 1 is 0.923 bits per heavy atom. The van der Waals surface area contributed by atoms with Crippen LogP contribution in [0.5, 0.6) is 0 Å². The van der Waals surface area contributed by atoms with E-state index in [1.807, 2.05) is 0 Å². The van der Waals surface area contributed by atoms with Gasteiger partial charge in [0.05, 0.1) is 0 Å². The van der Waals surface area contributed by atoms with Crippen LogP contribution in [0.15, 0.2) is 0 Å². The van der Waals surface area contributed by atoms with Gasteiger partial charge in [-0.3, -0.25) is 19.2 Å². The van der Waals surface area contributed by atoms with E-state index in [0.717, 1.165) is 0 Å². The zero-order valence-corrected chi connectivity index (χ0v) is 15.5. The molecule has 1 amide bonds. The Labute approximate surface area is 151 Å². The predicted molar refractivity (Wildman–Crippen MR) is 85.6 cm³/mol. The smallest absolute Gasteiger partial charge is 0.303 e. The van der Waals surface area contributed by atoms with Crippen molar-refractivity contribution in [2.75, 3.05) is 13.2 Å². The van der Waals surface area contributed by atoms with Crippen LogP contribution in [0.25, 0.3) is 0 Å². The SMILES string of the molecule is CCOC1OC(COC(C)=O)[C@H](OC(C)=O)C(OC(C)=O)C1NC(C)=O. The molecule has 0 aromatic heterocycles. The van der Waals surface area contributed by atoms with Gasteiger partial charge in [0.2, 0.25) is 5.91 Å². The predicted octanol–water partition coefficient (Wildman–Crippen LogP) is -0.321. The summed E-state index contributed by atoms with van der Waals surface area (Å²) in [7, 11) is 0. The molecule has 0 radical (unpaired) electrons. The van der Waals surface area contributed by atoms with Gasteiger partial charge in [-0.05, 0) is 6.92 Å². The van der Waals surface area contributed by atoms with Crippen molar-refractivity contribution >= 4 is 23.8 Å². The lowest BCUT2D eigenvalue weighted by atomic mass is 9.96. The first kappa shape index (κ1) is 21.8. The van der Waals surface area contributed by atoms with Crippen LogP contribution in [0, 0.1) is 0 Å². The summed E-state index contributed by atoms with van der Waals surface area (Å²) in [5.41, 5.74) is 0. The fourth-order valence-electron chi connectivity index (χ4n) is 2.60. The summed E-state index contributed by atoms with van der Waals surface area (Å²) in [6.45, 7) is 6.56. The maximum atomic E-state index is 11.6. The number of carbonyl (C=O) groups is 4. The van der Waals surface area contributed by atoms with Crippen molar-refractivity contribution < 1.29 is 42.9 Å². The molecule has 1 fully saturated rings. The largest absolute Gasteiger partial charge is 0.463 e. The normalized spacial score (nSPS) is 28.0. The monoisotopic (exact) mass is 375 g/mol. The lowest BCUT2D eigenvalue weighted by molar-refractivity contribution is -0.276. The average molecular weight is 375 g/mol. The number of nitrogens with one attached hydrogen (secondary N) is 1. The van der Waals surface area contributed by atoms with Gasteiger partial charge in [-0.1, -0.05) is 0 Å². The number of ether oxygens (including phenoxy) is 5. The van der Waals surface area contributed by atoms with E-state index in [1.165, 1.54) is 27.7 Å². The molecular formula is C16H25NO9. The topological polar surface area (TPSA) is 126 Å². The highest BCUT2D eigenvalue weighted by Crippen LogP contribution is 2.27. The number of rotatable bonds is 7. The lowest BCUT2D eigenvalue weighted by Crippen LogP contribution is -2.66. The molecule has 0 saturated carbocycles. The molecule has 1 heterocycles. The Hall–Kier alpha value is -2.20. The molecular weight excluding hydrogens is 350 g/mol. The summed E-state index contributed by atoms with van der Waals surface area (Å²) in [5, 5.41) is 2.60. The van der Waals surface area contributed by atoms with E-state index in [9.17, 15) is 19.2 Å². The molecule has 4 unspecified atom stereocenters. The average Bonchev–Trinajstić information content (AvgIpc) is 2.50. The van der Waals surface area contributed by atoms with Crippen molar-refractivity contribution in [2.24, 2.45) is 0 Å². The van der Waals surface area contributed by atoms with Crippen molar-refractivity contribution in [1.29, 1.82) is 0 Å². The van der Waals surface area contributed by atoms with Crippen molar-refractivity contribution in [3.05, 3.63) is 0 Å². The molecule has 0 aromatic rings. The molecule has 148 valence electrons. The van der Waals surface area contributed by atoms with Crippen molar-refractivity contribution in [3.8, 4) is 0 Å². The van der Waals surface area contributed by atoms with Gasteiger partial charge < -0.3 is 29.0 Å². The van der Waals surface area contributed by atoms with E-state index in [4.69, 9.17) is 23.7 Å². The van der Waals surface area contributed by atoms with E-state index < -0.39 is 54.5 Å². The van der Waals surface area contributed by atoms with Crippen LogP contribution in [0.3, 0.4) is 0 Å². The minimum atomic E-state index is -1.11. The zero-order chi connectivity index (χ0) is 19.9. The van der Waals surface area contributed by atoms with Gasteiger partial charge in [0.1, 0.15) is 18.8 Å². The second-order valence-electron chi connectivity index (χ2n) is 5.68. The summed E-state index contributed by atoms with van der Waals surface area (Å²) in [6, 6.07) is -0.922. The number of hydrogen-bond donors (Lipinski definition) is 1. The highest BCUT2D eigenvalue weighted by atomic mass is 16.7. The number of amides is 1. The maximum absolute atomic E-state index is 11.6. The molecule has 0 aliphatic carbocycles. The molecule has 1 rings (SSSR count). The highest BCUT2D eigenvalue weighted by Gasteiger charge is 2.51. The van der Waals surface area contributed by atoms with Gasteiger partial charge in [0, 0.05) is 34.3 Å². The molecule has 1 N–H and O–H groups in total. The molecule has 0 bridgehead atoms. The van der Waals surface area contributed by atoms with Gasteiger partial charge in [-0.2, -0.15) is 0 Å². The first-order chi connectivity index (χ1) is 12.1. The van der Waals surface area contributed by atoms with E-state index in [2.05, 4.69) is 5.32 Å². The van der Waals surface area contributed by atoms with E-state index in [1.54, 1.807) is 6.92 Å². The quantitative estimate of drug-likeness (QED) is 0.470. The van der Waals surface area contributed by atoms with Crippen LogP contribution in [-0.2, 0) is 42.9 Å². The molecule has 10 heteroatoms. The third kappa shape index (κ3) is 6.60. The molecule has 1 aliphatic rings. The van der Waals surface area contributed by atoms with Gasteiger partial charge in [-0.25, -0.2) is 0 Å². The van der Waals surface area contributed by atoms with E-state index in [0.29, 0.717) is 0 Å². The minimum absolute atomic E-state index is 0.242. The second-order valence-corrected chi connectivity index (χ2v) is 5.68. The van der Waals surface area contributed by atoms with E-state index in [-0.39, 0.29) is 13.2 Å². The molecule has 1 saturated heterocycles. The molecule has 5 atom stereocenters. The van der Waals surface area contributed by atoms with Crippen molar-refractivity contribution in [2.45, 2.75) is 65.3 Å². The molecule has 10 nitrogen and oxygen atoms in total. The van der Waals surface area contributed by atoms with Crippen LogP contribution < -0.4 is 5.32 Å². The van der Waals surface area contributed by atoms with Crippen molar-refractivity contribution in [1.82, 2.24) is 5.32 Å². The Morgan fingerprint density at radius 2 is 1.50 bits per heavy atom. The summed E-state index contributed by atoms with van der Waals surface area (Å²) in [4.78, 5) is 45.8. The van der Waals surface area contributed by atoms with E-state index >= 15 is 0 Å². The molecule has 1 aliphatic heterocycles. The number of esters is 3. The Balaban J connectivity index is 3.22. The lowest BCUT2D eigenvalue weighted by Gasteiger charge is -2.44. The third-order valence-electron chi connectivity index (χ3n) is 3.40. The number of hydrogen-bond acceptors (Lipinski definition) is 9. The van der Waals surface area contributed by atoms with Crippen LogP contribution in [0.1, 0.15) is 34.6 Å². The van der Waals surface area contributed by atoms with Crippen LogP contribution in [0.2, 0.25) is 0 Å². The van der Waals surface area contributed by atoms with Crippen LogP contribution in [-0.4, -0.2) is 67.7 Å².